The molecule has 16 heavy (non-hydrogen) atoms. The zero-order valence-electron chi connectivity index (χ0n) is 8.42. The van der Waals surface area contributed by atoms with E-state index in [9.17, 15) is 9.59 Å². The van der Waals surface area contributed by atoms with E-state index in [1.54, 1.807) is 0 Å². The molecule has 0 unspecified atom stereocenters. The maximum atomic E-state index is 11.4. The summed E-state index contributed by atoms with van der Waals surface area (Å²) >= 11 is 1.25. The number of hydrogen-bond donors (Lipinski definition) is 2. The van der Waals surface area contributed by atoms with Crippen LogP contribution < -0.4 is 5.32 Å². The van der Waals surface area contributed by atoms with Crippen molar-refractivity contribution in [3.8, 4) is 0 Å². The highest BCUT2D eigenvalue weighted by atomic mass is 32.2. The van der Waals surface area contributed by atoms with Crippen LogP contribution in [0.5, 0.6) is 0 Å². The fraction of sp³-hybridized carbons (Fsp3) is 0.333. The molecule has 0 spiro atoms. The number of carboxylic acid groups (broad SMARTS) is 1. The van der Waals surface area contributed by atoms with Gasteiger partial charge in [-0.3, -0.25) is 9.59 Å². The molecule has 0 bridgehead atoms. The smallest absolute Gasteiger partial charge is 0.313 e. The second-order valence-electron chi connectivity index (χ2n) is 2.83. The molecule has 1 amide bonds. The molecule has 0 aromatic carbocycles. The summed E-state index contributed by atoms with van der Waals surface area (Å²) in [6.07, 6.45) is 4.19. The number of thioether (sulfide) groups is 1. The lowest BCUT2D eigenvalue weighted by Crippen LogP contribution is -2.26. The molecule has 86 valence electrons. The van der Waals surface area contributed by atoms with Crippen molar-refractivity contribution < 1.29 is 14.7 Å². The lowest BCUT2D eigenvalue weighted by Gasteiger charge is -2.03. The molecule has 7 heteroatoms. The predicted molar refractivity (Wildman–Crippen MR) is 59.3 cm³/mol. The number of carboxylic acids is 1. The average molecular weight is 241 g/mol. The van der Waals surface area contributed by atoms with Gasteiger partial charge in [-0.1, -0.05) is 0 Å². The largest absolute Gasteiger partial charge is 0.481 e. The summed E-state index contributed by atoms with van der Waals surface area (Å²) in [4.78, 5) is 29.1. The molecule has 1 aromatic rings. The fourth-order valence-electron chi connectivity index (χ4n) is 0.915. The van der Waals surface area contributed by atoms with Gasteiger partial charge in [0.05, 0.1) is 11.3 Å². The van der Waals surface area contributed by atoms with E-state index < -0.39 is 5.97 Å². The van der Waals surface area contributed by atoms with Gasteiger partial charge in [0.15, 0.2) is 0 Å². The van der Waals surface area contributed by atoms with Crippen molar-refractivity contribution in [3.05, 3.63) is 24.3 Å². The lowest BCUT2D eigenvalue weighted by atomic mass is 10.3. The van der Waals surface area contributed by atoms with E-state index in [0.717, 1.165) is 0 Å². The molecular weight excluding hydrogens is 230 g/mol. The lowest BCUT2D eigenvalue weighted by molar-refractivity contribution is -0.133. The van der Waals surface area contributed by atoms with Crippen molar-refractivity contribution in [1.82, 2.24) is 15.3 Å². The number of carbonyl (C=O) groups is 2. The molecule has 1 rings (SSSR count). The summed E-state index contributed by atoms with van der Waals surface area (Å²) in [5.41, 5.74) is 0.394. The van der Waals surface area contributed by atoms with E-state index >= 15 is 0 Å². The van der Waals surface area contributed by atoms with Crippen LogP contribution in [0.15, 0.2) is 18.7 Å². The summed E-state index contributed by atoms with van der Waals surface area (Å²) < 4.78 is 0. The van der Waals surface area contributed by atoms with E-state index in [2.05, 4.69) is 15.3 Å². The van der Waals surface area contributed by atoms with Gasteiger partial charge in [-0.25, -0.2) is 9.97 Å². The number of amides is 1. The molecule has 0 saturated heterocycles. The van der Waals surface area contributed by atoms with Gasteiger partial charge >= 0.3 is 5.97 Å². The van der Waals surface area contributed by atoms with E-state index in [-0.39, 0.29) is 11.7 Å². The van der Waals surface area contributed by atoms with Crippen molar-refractivity contribution in [2.45, 2.75) is 0 Å². The molecule has 1 heterocycles. The zero-order chi connectivity index (χ0) is 11.8. The van der Waals surface area contributed by atoms with E-state index in [4.69, 9.17) is 5.11 Å². The number of aliphatic carboxylic acids is 1. The Balaban J connectivity index is 2.19. The van der Waals surface area contributed by atoms with Crippen LogP contribution in [-0.4, -0.2) is 45.0 Å². The SMILES string of the molecule is O=C(O)CSCCNC(=O)c1cncnc1. The first kappa shape index (κ1) is 12.4. The van der Waals surface area contributed by atoms with Gasteiger partial charge < -0.3 is 10.4 Å². The van der Waals surface area contributed by atoms with Gasteiger partial charge in [-0.15, -0.1) is 11.8 Å². The normalized spacial score (nSPS) is 9.75. The number of carbonyl (C=O) groups excluding carboxylic acids is 1. The van der Waals surface area contributed by atoms with Crippen molar-refractivity contribution in [2.75, 3.05) is 18.1 Å². The molecule has 0 aliphatic heterocycles. The Labute approximate surface area is 96.5 Å². The molecule has 0 aliphatic carbocycles. The Morgan fingerprint density at radius 1 is 1.38 bits per heavy atom. The molecule has 0 saturated carbocycles. The standard InChI is InChI=1S/C9H11N3O3S/c13-8(14)5-16-2-1-12-9(15)7-3-10-6-11-4-7/h3-4,6H,1-2,5H2,(H,12,15)(H,13,14). The van der Waals surface area contributed by atoms with Crippen molar-refractivity contribution >= 4 is 23.6 Å². The van der Waals surface area contributed by atoms with Crippen molar-refractivity contribution in [3.63, 3.8) is 0 Å². The number of aromatic nitrogens is 2. The van der Waals surface area contributed by atoms with Crippen LogP contribution in [0, 0.1) is 0 Å². The third kappa shape index (κ3) is 4.74. The van der Waals surface area contributed by atoms with Gasteiger partial charge in [0, 0.05) is 24.7 Å². The fourth-order valence-corrected chi connectivity index (χ4v) is 1.48. The Bertz CT molecular complexity index is 358. The molecule has 0 atom stereocenters. The molecule has 6 nitrogen and oxygen atoms in total. The van der Waals surface area contributed by atoms with E-state index in [1.807, 2.05) is 0 Å². The Hall–Kier alpha value is -1.63. The first-order valence-electron chi connectivity index (χ1n) is 4.53. The summed E-state index contributed by atoms with van der Waals surface area (Å²) in [5, 5.41) is 11.0. The van der Waals surface area contributed by atoms with Gasteiger partial charge in [-0.05, 0) is 0 Å². The maximum Gasteiger partial charge on any atom is 0.313 e. The van der Waals surface area contributed by atoms with Crippen LogP contribution in [0.25, 0.3) is 0 Å². The van der Waals surface area contributed by atoms with Gasteiger partial charge in [0.2, 0.25) is 0 Å². The number of hydrogen-bond acceptors (Lipinski definition) is 5. The molecule has 1 aromatic heterocycles. The third-order valence-electron chi connectivity index (χ3n) is 1.58. The molecule has 0 fully saturated rings. The second-order valence-corrected chi connectivity index (χ2v) is 3.93. The summed E-state index contributed by atoms with van der Waals surface area (Å²) in [5.74, 6) is -0.500. The second kappa shape index (κ2) is 6.78. The average Bonchev–Trinajstić information content (AvgIpc) is 2.29. The highest BCUT2D eigenvalue weighted by molar-refractivity contribution is 7.99. The molecular formula is C9H11N3O3S. The topological polar surface area (TPSA) is 92.2 Å². The van der Waals surface area contributed by atoms with E-state index in [0.29, 0.717) is 17.9 Å². The van der Waals surface area contributed by atoms with Crippen LogP contribution in [0.1, 0.15) is 10.4 Å². The molecule has 0 radical (unpaired) electrons. The van der Waals surface area contributed by atoms with Gasteiger partial charge in [0.25, 0.3) is 5.91 Å². The summed E-state index contributed by atoms with van der Waals surface area (Å²) in [6.45, 7) is 0.422. The Kier molecular flexibility index (Phi) is 5.27. The predicted octanol–water partition coefficient (Wildman–Crippen LogP) is 0.0242. The number of nitrogens with one attached hydrogen (secondary N) is 1. The van der Waals surface area contributed by atoms with Crippen LogP contribution >= 0.6 is 11.8 Å². The number of rotatable bonds is 6. The minimum Gasteiger partial charge on any atom is -0.481 e. The highest BCUT2D eigenvalue weighted by Gasteiger charge is 2.04. The van der Waals surface area contributed by atoms with Crippen molar-refractivity contribution in [1.29, 1.82) is 0 Å². The molecule has 2 N–H and O–H groups in total. The quantitative estimate of drug-likeness (QED) is 0.682. The maximum absolute atomic E-state index is 11.4. The minimum atomic E-state index is -0.854. The highest BCUT2D eigenvalue weighted by Crippen LogP contribution is 1.98. The van der Waals surface area contributed by atoms with Gasteiger partial charge in [0.1, 0.15) is 6.33 Å². The van der Waals surface area contributed by atoms with Crippen LogP contribution in [-0.2, 0) is 4.79 Å². The van der Waals surface area contributed by atoms with Crippen molar-refractivity contribution in [2.24, 2.45) is 0 Å². The summed E-state index contributed by atoms with van der Waals surface area (Å²) in [6, 6.07) is 0. The van der Waals surface area contributed by atoms with E-state index in [1.165, 1.54) is 30.5 Å². The van der Waals surface area contributed by atoms with Crippen LogP contribution in [0.3, 0.4) is 0 Å². The zero-order valence-corrected chi connectivity index (χ0v) is 9.24. The first-order chi connectivity index (χ1) is 7.70. The summed E-state index contributed by atoms with van der Waals surface area (Å²) in [7, 11) is 0. The first-order valence-corrected chi connectivity index (χ1v) is 5.68. The van der Waals surface area contributed by atoms with Crippen LogP contribution in [0.4, 0.5) is 0 Å². The van der Waals surface area contributed by atoms with Crippen LogP contribution in [0.2, 0.25) is 0 Å². The minimum absolute atomic E-state index is 0.0460. The number of nitrogens with zero attached hydrogens (tertiary/aromatic N) is 2. The van der Waals surface area contributed by atoms with Gasteiger partial charge in [-0.2, -0.15) is 0 Å². The molecule has 0 aliphatic rings. The Morgan fingerprint density at radius 3 is 2.69 bits per heavy atom. The monoisotopic (exact) mass is 241 g/mol. The Morgan fingerprint density at radius 2 is 2.06 bits per heavy atom. The third-order valence-corrected chi connectivity index (χ3v) is 2.52.